The van der Waals surface area contributed by atoms with Gasteiger partial charge in [0, 0.05) is 0 Å². The van der Waals surface area contributed by atoms with Crippen molar-refractivity contribution >= 4 is 29.7 Å². The third-order valence-electron chi connectivity index (χ3n) is 4.54. The van der Waals surface area contributed by atoms with Crippen LogP contribution >= 0.6 is 0 Å². The van der Waals surface area contributed by atoms with Crippen LogP contribution in [0, 0.1) is 11.8 Å². The summed E-state index contributed by atoms with van der Waals surface area (Å²) >= 11 is 0. The summed E-state index contributed by atoms with van der Waals surface area (Å²) in [6, 6.07) is -4.51. The van der Waals surface area contributed by atoms with Crippen LogP contribution in [0.25, 0.3) is 0 Å². The fourth-order valence-electron chi connectivity index (χ4n) is 2.60. The summed E-state index contributed by atoms with van der Waals surface area (Å²) in [6.07, 6.45) is -0.0192. The number of amides is 3. The number of carbonyl (C=O) groups excluding carboxylic acids is 3. The van der Waals surface area contributed by atoms with Crippen molar-refractivity contribution in [3.63, 3.8) is 0 Å². The van der Waals surface area contributed by atoms with E-state index in [0.717, 1.165) is 0 Å². The molecule has 0 aliphatic heterocycles. The van der Waals surface area contributed by atoms with Gasteiger partial charge in [0.25, 0.3) is 0 Å². The van der Waals surface area contributed by atoms with Crippen molar-refractivity contribution in [1.82, 2.24) is 16.0 Å². The molecule has 0 rings (SSSR count). The number of carbonyl (C=O) groups is 5. The zero-order valence-corrected chi connectivity index (χ0v) is 18.1. The average Bonchev–Trinajstić information content (AvgIpc) is 2.62. The first kappa shape index (κ1) is 27.3. The molecule has 11 nitrogen and oxygen atoms in total. The molecule has 0 aromatic rings. The van der Waals surface area contributed by atoms with Crippen LogP contribution in [0.5, 0.6) is 0 Å². The van der Waals surface area contributed by atoms with Gasteiger partial charge in [-0.3, -0.25) is 19.2 Å². The van der Waals surface area contributed by atoms with Crippen LogP contribution in [-0.2, 0) is 24.0 Å². The highest BCUT2D eigenvalue weighted by Gasteiger charge is 2.33. The van der Waals surface area contributed by atoms with Gasteiger partial charge in [0.2, 0.25) is 17.7 Å². The van der Waals surface area contributed by atoms with E-state index in [4.69, 9.17) is 15.9 Å². The summed E-state index contributed by atoms with van der Waals surface area (Å²) < 4.78 is 0. The highest BCUT2D eigenvalue weighted by molar-refractivity contribution is 5.94. The number of nitrogens with two attached hydrogens (primary N) is 1. The maximum absolute atomic E-state index is 12.8. The van der Waals surface area contributed by atoms with E-state index in [0.29, 0.717) is 12.8 Å². The van der Waals surface area contributed by atoms with Gasteiger partial charge in [-0.25, -0.2) is 4.79 Å². The second-order valence-corrected chi connectivity index (χ2v) is 7.85. The Morgan fingerprint density at radius 2 is 1.37 bits per heavy atom. The Hall–Kier alpha value is -2.69. The van der Waals surface area contributed by atoms with Crippen molar-refractivity contribution in [2.75, 3.05) is 0 Å². The first-order valence-electron chi connectivity index (χ1n) is 9.91. The molecule has 0 aromatic heterocycles. The molecule has 0 aromatic carbocycles. The lowest BCUT2D eigenvalue weighted by Crippen LogP contribution is -2.58. The fourth-order valence-corrected chi connectivity index (χ4v) is 2.60. The molecule has 5 unspecified atom stereocenters. The minimum Gasteiger partial charge on any atom is -0.481 e. The van der Waals surface area contributed by atoms with Crippen LogP contribution in [0.3, 0.4) is 0 Å². The molecular formula is C19H34N4O7. The summed E-state index contributed by atoms with van der Waals surface area (Å²) in [5.74, 6) is -5.15. The number of rotatable bonds is 13. The van der Waals surface area contributed by atoms with Gasteiger partial charge in [-0.15, -0.1) is 0 Å². The predicted octanol–water partition coefficient (Wildman–Crippen LogP) is -0.560. The molecule has 0 aliphatic carbocycles. The molecule has 172 valence electrons. The van der Waals surface area contributed by atoms with E-state index in [2.05, 4.69) is 16.0 Å². The second kappa shape index (κ2) is 12.8. The normalized spacial score (nSPS) is 16.0. The number of aliphatic carboxylic acids is 2. The molecule has 0 spiro atoms. The third kappa shape index (κ3) is 9.68. The first-order valence-corrected chi connectivity index (χ1v) is 9.91. The van der Waals surface area contributed by atoms with Crippen LogP contribution in [0.4, 0.5) is 0 Å². The summed E-state index contributed by atoms with van der Waals surface area (Å²) in [5.41, 5.74) is 5.55. The Morgan fingerprint density at radius 1 is 0.833 bits per heavy atom. The smallest absolute Gasteiger partial charge is 0.326 e. The number of hydrogen-bond donors (Lipinski definition) is 6. The lowest BCUT2D eigenvalue weighted by atomic mass is 9.96. The quantitative estimate of drug-likeness (QED) is 0.224. The molecule has 0 saturated carbocycles. The minimum atomic E-state index is -1.64. The number of hydrogen-bond acceptors (Lipinski definition) is 6. The SMILES string of the molecule is CCC(C)C(NC(=O)C(CC(C)C)NC(=O)C(C)N)C(=O)NC(CC(=O)O)C(=O)O. The van der Waals surface area contributed by atoms with Crippen molar-refractivity contribution in [3.05, 3.63) is 0 Å². The summed E-state index contributed by atoms with van der Waals surface area (Å²) in [5, 5.41) is 25.3. The molecule has 3 amide bonds. The monoisotopic (exact) mass is 430 g/mol. The number of carboxylic acid groups (broad SMARTS) is 2. The molecule has 7 N–H and O–H groups in total. The van der Waals surface area contributed by atoms with Crippen molar-refractivity contribution in [1.29, 1.82) is 0 Å². The minimum absolute atomic E-state index is 0.0527. The molecule has 5 atom stereocenters. The largest absolute Gasteiger partial charge is 0.481 e. The Morgan fingerprint density at radius 3 is 1.77 bits per heavy atom. The highest BCUT2D eigenvalue weighted by Crippen LogP contribution is 2.11. The van der Waals surface area contributed by atoms with Crippen LogP contribution in [0.2, 0.25) is 0 Å². The van der Waals surface area contributed by atoms with Gasteiger partial charge < -0.3 is 31.9 Å². The van der Waals surface area contributed by atoms with Gasteiger partial charge >= 0.3 is 11.9 Å². The molecular weight excluding hydrogens is 396 g/mol. The number of carboxylic acids is 2. The lowest BCUT2D eigenvalue weighted by molar-refractivity contribution is -0.147. The molecule has 0 fully saturated rings. The molecule has 11 heteroatoms. The van der Waals surface area contributed by atoms with E-state index in [9.17, 15) is 24.0 Å². The summed E-state index contributed by atoms with van der Waals surface area (Å²) in [6.45, 7) is 8.67. The maximum atomic E-state index is 12.8. The number of nitrogens with one attached hydrogen (secondary N) is 3. The Kier molecular flexibility index (Phi) is 11.6. The van der Waals surface area contributed by atoms with E-state index >= 15 is 0 Å². The van der Waals surface area contributed by atoms with E-state index in [-0.39, 0.29) is 11.8 Å². The lowest BCUT2D eigenvalue weighted by Gasteiger charge is -2.28. The standard InChI is InChI=1S/C19H34N4O7/c1-6-10(4)15(18(28)22-13(19(29)30)8-14(24)25)23-17(27)12(7-9(2)3)21-16(26)11(5)20/h9-13,15H,6-8,20H2,1-5H3,(H,21,26)(H,22,28)(H,23,27)(H,24,25)(H,29,30). The van der Waals surface area contributed by atoms with Crippen LogP contribution in [-0.4, -0.2) is 64.0 Å². The van der Waals surface area contributed by atoms with Gasteiger partial charge in [-0.05, 0) is 25.2 Å². The molecule has 0 saturated heterocycles. The average molecular weight is 431 g/mol. The summed E-state index contributed by atoms with van der Waals surface area (Å²) in [7, 11) is 0. The van der Waals surface area contributed by atoms with Crippen LogP contribution < -0.4 is 21.7 Å². The topological polar surface area (TPSA) is 188 Å². The molecule has 0 bridgehead atoms. The maximum Gasteiger partial charge on any atom is 0.326 e. The van der Waals surface area contributed by atoms with Gasteiger partial charge in [0.05, 0.1) is 12.5 Å². The van der Waals surface area contributed by atoms with Crippen LogP contribution in [0.1, 0.15) is 53.9 Å². The second-order valence-electron chi connectivity index (χ2n) is 7.85. The van der Waals surface area contributed by atoms with Crippen molar-refractivity contribution in [2.45, 2.75) is 78.0 Å². The van der Waals surface area contributed by atoms with Crippen molar-refractivity contribution in [3.8, 4) is 0 Å². The molecule has 0 heterocycles. The Bertz CT molecular complexity index is 636. The van der Waals surface area contributed by atoms with Gasteiger partial charge in [0.15, 0.2) is 0 Å². The fraction of sp³-hybridized carbons (Fsp3) is 0.737. The van der Waals surface area contributed by atoms with E-state index in [1.54, 1.807) is 13.8 Å². The van der Waals surface area contributed by atoms with E-state index < -0.39 is 60.2 Å². The van der Waals surface area contributed by atoms with Gasteiger partial charge in [-0.2, -0.15) is 0 Å². The molecule has 0 radical (unpaired) electrons. The van der Waals surface area contributed by atoms with E-state index in [1.807, 2.05) is 13.8 Å². The zero-order valence-electron chi connectivity index (χ0n) is 18.1. The third-order valence-corrected chi connectivity index (χ3v) is 4.54. The first-order chi connectivity index (χ1) is 13.8. The van der Waals surface area contributed by atoms with E-state index in [1.165, 1.54) is 6.92 Å². The summed E-state index contributed by atoms with van der Waals surface area (Å²) in [4.78, 5) is 59.5. The molecule has 30 heavy (non-hydrogen) atoms. The zero-order chi connectivity index (χ0) is 23.6. The van der Waals surface area contributed by atoms with Crippen molar-refractivity contribution in [2.24, 2.45) is 17.6 Å². The highest BCUT2D eigenvalue weighted by atomic mass is 16.4. The molecule has 0 aliphatic rings. The van der Waals surface area contributed by atoms with Crippen molar-refractivity contribution < 1.29 is 34.2 Å². The van der Waals surface area contributed by atoms with Gasteiger partial charge in [0.1, 0.15) is 18.1 Å². The Balaban J connectivity index is 5.51. The predicted molar refractivity (Wildman–Crippen MR) is 108 cm³/mol. The van der Waals surface area contributed by atoms with Gasteiger partial charge in [-0.1, -0.05) is 34.1 Å². The van der Waals surface area contributed by atoms with Crippen LogP contribution in [0.15, 0.2) is 0 Å². The Labute approximate surface area is 176 Å².